The van der Waals surface area contributed by atoms with Crippen LogP contribution in [0.4, 0.5) is 0 Å². The van der Waals surface area contributed by atoms with Crippen molar-refractivity contribution in [2.24, 2.45) is 0 Å². The van der Waals surface area contributed by atoms with Gasteiger partial charge in [-0.3, -0.25) is 0 Å². The second-order valence-electron chi connectivity index (χ2n) is 6.21. The van der Waals surface area contributed by atoms with Gasteiger partial charge in [-0.05, 0) is 51.4 Å². The Hall–Kier alpha value is -0.450. The fraction of sp³-hybridized carbons (Fsp3) is 0.800. The number of nitrogens with one attached hydrogen (secondary N) is 1. The molecule has 1 aliphatic heterocycles. The SMILES string of the molecule is C1CCc2sc(C3(NC4CC4)CCOCC3)nc2C1. The Morgan fingerprint density at radius 2 is 1.95 bits per heavy atom. The molecule has 1 N–H and O–H groups in total. The van der Waals surface area contributed by atoms with Crippen molar-refractivity contribution < 1.29 is 4.74 Å². The molecule has 0 unspecified atom stereocenters. The van der Waals surface area contributed by atoms with Crippen molar-refractivity contribution in [3.8, 4) is 0 Å². The van der Waals surface area contributed by atoms with E-state index in [4.69, 9.17) is 9.72 Å². The fourth-order valence-electron chi connectivity index (χ4n) is 3.31. The second kappa shape index (κ2) is 4.83. The standard InChI is InChI=1S/C15H22N2OS/c1-2-4-13-12(3-1)16-14(19-13)15(17-11-5-6-11)7-9-18-10-8-15/h11,17H,1-10H2. The molecule has 104 valence electrons. The van der Waals surface area contributed by atoms with Gasteiger partial charge in [-0.1, -0.05) is 0 Å². The lowest BCUT2D eigenvalue weighted by Gasteiger charge is -2.36. The number of thiazole rings is 1. The Balaban J connectivity index is 1.66. The lowest BCUT2D eigenvalue weighted by molar-refractivity contribution is 0.0356. The minimum Gasteiger partial charge on any atom is -0.381 e. The molecule has 1 aromatic rings. The van der Waals surface area contributed by atoms with Crippen molar-refractivity contribution in [2.45, 2.75) is 62.9 Å². The molecule has 0 spiro atoms. The second-order valence-corrected chi connectivity index (χ2v) is 7.29. The number of hydrogen-bond donors (Lipinski definition) is 1. The maximum atomic E-state index is 5.59. The zero-order valence-corrected chi connectivity index (χ0v) is 12.2. The van der Waals surface area contributed by atoms with Crippen LogP contribution in [0.25, 0.3) is 0 Å². The van der Waals surface area contributed by atoms with Crippen LogP contribution in [0.15, 0.2) is 0 Å². The van der Waals surface area contributed by atoms with E-state index in [1.54, 1.807) is 4.88 Å². The van der Waals surface area contributed by atoms with Gasteiger partial charge < -0.3 is 10.1 Å². The first-order valence-corrected chi connectivity index (χ1v) is 8.52. The van der Waals surface area contributed by atoms with Crippen LogP contribution in [0.5, 0.6) is 0 Å². The van der Waals surface area contributed by atoms with Crippen LogP contribution in [0.3, 0.4) is 0 Å². The average molecular weight is 278 g/mol. The third kappa shape index (κ3) is 2.34. The summed E-state index contributed by atoms with van der Waals surface area (Å²) in [4.78, 5) is 6.59. The maximum Gasteiger partial charge on any atom is 0.113 e. The zero-order chi connectivity index (χ0) is 12.7. The number of ether oxygens (including phenoxy) is 1. The van der Waals surface area contributed by atoms with Crippen molar-refractivity contribution in [1.29, 1.82) is 0 Å². The molecule has 3 nitrogen and oxygen atoms in total. The number of aromatic nitrogens is 1. The molecule has 3 aliphatic rings. The van der Waals surface area contributed by atoms with E-state index in [-0.39, 0.29) is 5.54 Å². The molecule has 1 aromatic heterocycles. The predicted molar refractivity (Wildman–Crippen MR) is 76.6 cm³/mol. The van der Waals surface area contributed by atoms with Crippen LogP contribution in [0, 0.1) is 0 Å². The lowest BCUT2D eigenvalue weighted by atomic mass is 9.90. The van der Waals surface area contributed by atoms with E-state index in [0.717, 1.165) is 32.1 Å². The fourth-order valence-corrected chi connectivity index (χ4v) is 4.67. The van der Waals surface area contributed by atoms with Gasteiger partial charge in [-0.15, -0.1) is 11.3 Å². The summed E-state index contributed by atoms with van der Waals surface area (Å²) in [5, 5.41) is 5.26. The van der Waals surface area contributed by atoms with Crippen LogP contribution < -0.4 is 5.32 Å². The summed E-state index contributed by atoms with van der Waals surface area (Å²) in [5.74, 6) is 0. The smallest absolute Gasteiger partial charge is 0.113 e. The van der Waals surface area contributed by atoms with E-state index in [1.807, 2.05) is 11.3 Å². The number of fused-ring (bicyclic) bond motifs is 1. The Bertz CT molecular complexity index is 437. The molecule has 0 atom stereocenters. The van der Waals surface area contributed by atoms with Gasteiger partial charge in [0.15, 0.2) is 0 Å². The van der Waals surface area contributed by atoms with Crippen molar-refractivity contribution in [2.75, 3.05) is 13.2 Å². The highest BCUT2D eigenvalue weighted by molar-refractivity contribution is 7.11. The molecule has 1 saturated carbocycles. The van der Waals surface area contributed by atoms with E-state index >= 15 is 0 Å². The monoisotopic (exact) mass is 278 g/mol. The molecule has 2 heterocycles. The zero-order valence-electron chi connectivity index (χ0n) is 11.4. The molecule has 1 saturated heterocycles. The summed E-state index contributed by atoms with van der Waals surface area (Å²) in [6.45, 7) is 1.76. The molecule has 0 radical (unpaired) electrons. The minimum atomic E-state index is 0.126. The largest absolute Gasteiger partial charge is 0.381 e. The van der Waals surface area contributed by atoms with E-state index in [0.29, 0.717) is 0 Å². The Morgan fingerprint density at radius 3 is 2.68 bits per heavy atom. The van der Waals surface area contributed by atoms with Gasteiger partial charge in [0.2, 0.25) is 0 Å². The number of rotatable bonds is 3. The highest BCUT2D eigenvalue weighted by Crippen LogP contribution is 2.40. The van der Waals surface area contributed by atoms with Crippen LogP contribution >= 0.6 is 11.3 Å². The van der Waals surface area contributed by atoms with Gasteiger partial charge in [0.05, 0.1) is 11.2 Å². The molecule has 2 fully saturated rings. The van der Waals surface area contributed by atoms with Gasteiger partial charge in [-0.2, -0.15) is 0 Å². The summed E-state index contributed by atoms with van der Waals surface area (Å²) in [5.41, 5.74) is 1.52. The molecular weight excluding hydrogens is 256 g/mol. The highest BCUT2D eigenvalue weighted by atomic mass is 32.1. The topological polar surface area (TPSA) is 34.1 Å². The summed E-state index contributed by atoms with van der Waals surface area (Å²) >= 11 is 1.98. The van der Waals surface area contributed by atoms with E-state index < -0.39 is 0 Å². The Kier molecular flexibility index (Phi) is 3.13. The molecule has 0 aromatic carbocycles. The van der Waals surface area contributed by atoms with Crippen molar-refractivity contribution in [3.63, 3.8) is 0 Å². The predicted octanol–water partition coefficient (Wildman–Crippen LogP) is 2.78. The first-order chi connectivity index (χ1) is 9.36. The first kappa shape index (κ1) is 12.3. The summed E-state index contributed by atoms with van der Waals surface area (Å²) < 4.78 is 5.59. The quantitative estimate of drug-likeness (QED) is 0.923. The van der Waals surface area contributed by atoms with E-state index in [1.165, 1.54) is 49.2 Å². The van der Waals surface area contributed by atoms with Crippen LogP contribution in [-0.2, 0) is 23.1 Å². The molecule has 4 rings (SSSR count). The lowest BCUT2D eigenvalue weighted by Crippen LogP contribution is -2.47. The summed E-state index contributed by atoms with van der Waals surface area (Å²) in [6, 6.07) is 0.735. The normalized spacial score (nSPS) is 26.1. The van der Waals surface area contributed by atoms with Gasteiger partial charge in [-0.25, -0.2) is 4.98 Å². The van der Waals surface area contributed by atoms with E-state index in [9.17, 15) is 0 Å². The molecule has 2 aliphatic carbocycles. The average Bonchev–Trinajstić information content (AvgIpc) is 3.14. The molecule has 0 bridgehead atoms. The molecule has 4 heteroatoms. The Morgan fingerprint density at radius 1 is 1.16 bits per heavy atom. The van der Waals surface area contributed by atoms with Crippen molar-refractivity contribution in [1.82, 2.24) is 10.3 Å². The minimum absolute atomic E-state index is 0.126. The Labute approximate surface area is 118 Å². The van der Waals surface area contributed by atoms with Gasteiger partial charge in [0.25, 0.3) is 0 Å². The highest BCUT2D eigenvalue weighted by Gasteiger charge is 2.41. The van der Waals surface area contributed by atoms with Crippen molar-refractivity contribution in [3.05, 3.63) is 15.6 Å². The van der Waals surface area contributed by atoms with Gasteiger partial charge >= 0.3 is 0 Å². The van der Waals surface area contributed by atoms with E-state index in [2.05, 4.69) is 5.32 Å². The summed E-state index contributed by atoms with van der Waals surface area (Å²) in [6.07, 6.45) is 9.99. The third-order valence-corrected chi connectivity index (χ3v) is 6.02. The first-order valence-electron chi connectivity index (χ1n) is 7.70. The van der Waals surface area contributed by atoms with Gasteiger partial charge in [0, 0.05) is 24.1 Å². The van der Waals surface area contributed by atoms with Crippen molar-refractivity contribution >= 4 is 11.3 Å². The summed E-state index contributed by atoms with van der Waals surface area (Å²) in [7, 11) is 0. The number of hydrogen-bond acceptors (Lipinski definition) is 4. The number of aryl methyl sites for hydroxylation is 2. The van der Waals surface area contributed by atoms with Crippen LogP contribution in [0.1, 0.15) is 54.1 Å². The van der Waals surface area contributed by atoms with Crippen LogP contribution in [0.2, 0.25) is 0 Å². The maximum absolute atomic E-state index is 5.59. The molecule has 19 heavy (non-hydrogen) atoms. The molecular formula is C15H22N2OS. The van der Waals surface area contributed by atoms with Gasteiger partial charge in [0.1, 0.15) is 5.01 Å². The number of nitrogens with zero attached hydrogens (tertiary/aromatic N) is 1. The third-order valence-electron chi connectivity index (χ3n) is 4.66. The molecule has 0 amide bonds. The van der Waals surface area contributed by atoms with Crippen LogP contribution in [-0.4, -0.2) is 24.2 Å².